The fourth-order valence-corrected chi connectivity index (χ4v) is 5.17. The molecule has 0 saturated carbocycles. The summed E-state index contributed by atoms with van der Waals surface area (Å²) in [6.45, 7) is 11.5. The number of hydrogen-bond acceptors (Lipinski definition) is 5. The Morgan fingerprint density at radius 3 is 2.50 bits per heavy atom. The first-order chi connectivity index (χ1) is 18.7. The van der Waals surface area contributed by atoms with Crippen molar-refractivity contribution in [1.82, 2.24) is 39.7 Å². The molecule has 0 bridgehead atoms. The van der Waals surface area contributed by atoms with E-state index < -0.39 is 0 Å². The van der Waals surface area contributed by atoms with E-state index in [9.17, 15) is 0 Å². The van der Waals surface area contributed by atoms with Gasteiger partial charge in [-0.1, -0.05) is 39.2 Å². The van der Waals surface area contributed by atoms with Crippen molar-refractivity contribution in [3.05, 3.63) is 66.0 Å². The number of nitrogens with zero attached hydrogens (tertiary/aromatic N) is 5. The Kier molecular flexibility index (Phi) is 10.9. The smallest absolute Gasteiger partial charge is 0.123 e. The van der Waals surface area contributed by atoms with E-state index in [2.05, 4.69) is 73.7 Å². The number of benzene rings is 1. The lowest BCUT2D eigenvalue weighted by atomic mass is 10.1. The van der Waals surface area contributed by atoms with Crippen molar-refractivity contribution in [3.63, 3.8) is 0 Å². The van der Waals surface area contributed by atoms with E-state index in [1.165, 1.54) is 55.4 Å². The Labute approximate surface area is 227 Å². The molecule has 0 amide bonds. The number of imidazole rings is 3. The Morgan fingerprint density at radius 1 is 0.921 bits per heavy atom. The molecule has 0 aliphatic heterocycles. The zero-order valence-electron chi connectivity index (χ0n) is 23.5. The van der Waals surface area contributed by atoms with Gasteiger partial charge in [0.25, 0.3) is 0 Å². The molecule has 38 heavy (non-hydrogen) atoms. The summed E-state index contributed by atoms with van der Waals surface area (Å²) in [6, 6.07) is 6.90. The molecular weight excluding hydrogens is 472 g/mol. The van der Waals surface area contributed by atoms with Crippen molar-refractivity contribution in [1.29, 1.82) is 0 Å². The first-order valence-electron chi connectivity index (χ1n) is 14.6. The summed E-state index contributed by atoms with van der Waals surface area (Å²) in [4.78, 5) is 23.0. The molecule has 3 heterocycles. The van der Waals surface area contributed by atoms with Crippen molar-refractivity contribution >= 4 is 11.0 Å². The van der Waals surface area contributed by atoms with Gasteiger partial charge < -0.3 is 19.9 Å². The molecule has 0 aliphatic rings. The van der Waals surface area contributed by atoms with Gasteiger partial charge in [0.2, 0.25) is 0 Å². The molecule has 1 atom stereocenters. The summed E-state index contributed by atoms with van der Waals surface area (Å²) < 4.78 is 2.46. The number of hydrogen-bond donors (Lipinski definition) is 3. The number of rotatable bonds is 18. The van der Waals surface area contributed by atoms with Gasteiger partial charge in [0.1, 0.15) is 17.5 Å². The van der Waals surface area contributed by atoms with Crippen molar-refractivity contribution in [2.75, 3.05) is 13.1 Å². The predicted molar refractivity (Wildman–Crippen MR) is 155 cm³/mol. The molecule has 1 unspecified atom stereocenters. The minimum atomic E-state index is 0.129. The van der Waals surface area contributed by atoms with Crippen molar-refractivity contribution in [2.24, 2.45) is 0 Å². The molecule has 4 rings (SSSR count). The van der Waals surface area contributed by atoms with Gasteiger partial charge in [-0.15, -0.1) is 0 Å². The summed E-state index contributed by atoms with van der Waals surface area (Å²) in [5.41, 5.74) is 3.64. The van der Waals surface area contributed by atoms with Crippen LogP contribution in [0.1, 0.15) is 94.8 Å². The predicted octanol–water partition coefficient (Wildman–Crippen LogP) is 6.15. The van der Waals surface area contributed by atoms with Gasteiger partial charge in [0, 0.05) is 44.3 Å². The number of unbranched alkanes of at least 4 members (excludes halogenated alkanes) is 4. The highest BCUT2D eigenvalue weighted by atomic mass is 15.2. The minimum Gasteiger partial charge on any atom is -0.348 e. The summed E-state index contributed by atoms with van der Waals surface area (Å²) in [5, 5.41) is 3.50. The lowest BCUT2D eigenvalue weighted by molar-refractivity contribution is 0.181. The maximum absolute atomic E-state index is 5.07. The number of H-pyrrole nitrogens is 2. The first-order valence-corrected chi connectivity index (χ1v) is 14.6. The summed E-state index contributed by atoms with van der Waals surface area (Å²) in [5.74, 6) is 3.16. The molecule has 0 radical (unpaired) electrons. The number of aryl methyl sites for hydroxylation is 2. The van der Waals surface area contributed by atoms with Crippen LogP contribution in [0.5, 0.6) is 0 Å². The van der Waals surface area contributed by atoms with Gasteiger partial charge >= 0.3 is 0 Å². The van der Waals surface area contributed by atoms with Gasteiger partial charge in [-0.25, -0.2) is 15.0 Å². The number of nitrogens with one attached hydrogen (secondary N) is 3. The molecule has 8 heteroatoms. The van der Waals surface area contributed by atoms with Crippen LogP contribution in [0.2, 0.25) is 0 Å². The molecule has 0 saturated heterocycles. The van der Waals surface area contributed by atoms with Crippen LogP contribution in [0.4, 0.5) is 0 Å². The second kappa shape index (κ2) is 14.8. The van der Waals surface area contributed by atoms with E-state index >= 15 is 0 Å². The Bertz CT molecular complexity index is 1180. The van der Waals surface area contributed by atoms with Gasteiger partial charge in [0.15, 0.2) is 0 Å². The third-order valence-electron chi connectivity index (χ3n) is 7.28. The lowest BCUT2D eigenvalue weighted by Gasteiger charge is -2.27. The third kappa shape index (κ3) is 7.77. The van der Waals surface area contributed by atoms with Gasteiger partial charge in [0.05, 0.1) is 23.6 Å². The number of aromatic nitrogens is 6. The fraction of sp³-hybridized carbons (Fsp3) is 0.567. The summed E-state index contributed by atoms with van der Waals surface area (Å²) in [7, 11) is 0. The molecule has 3 N–H and O–H groups in total. The average Bonchev–Trinajstić information content (AvgIpc) is 3.70. The Hall–Kier alpha value is -2.97. The van der Waals surface area contributed by atoms with E-state index in [0.717, 1.165) is 62.7 Å². The topological polar surface area (TPSA) is 90.5 Å². The Morgan fingerprint density at radius 2 is 1.74 bits per heavy atom. The molecule has 0 fully saturated rings. The molecule has 206 valence electrons. The highest BCUT2D eigenvalue weighted by molar-refractivity contribution is 5.77. The molecule has 0 spiro atoms. The van der Waals surface area contributed by atoms with Crippen LogP contribution in [0, 0.1) is 0 Å². The highest BCUT2D eigenvalue weighted by Crippen LogP contribution is 2.25. The molecular formula is C30H46N8. The first kappa shape index (κ1) is 28.0. The molecule has 8 nitrogen and oxygen atoms in total. The van der Waals surface area contributed by atoms with Crippen LogP contribution in [-0.4, -0.2) is 47.5 Å². The van der Waals surface area contributed by atoms with Crippen LogP contribution in [0.15, 0.2) is 43.0 Å². The maximum atomic E-state index is 5.07. The second-order valence-electron chi connectivity index (χ2n) is 10.4. The van der Waals surface area contributed by atoms with E-state index in [0.29, 0.717) is 0 Å². The van der Waals surface area contributed by atoms with Crippen molar-refractivity contribution in [3.8, 4) is 0 Å². The quantitative estimate of drug-likeness (QED) is 0.138. The number of aromatic amines is 2. The van der Waals surface area contributed by atoms with E-state index in [-0.39, 0.29) is 6.04 Å². The molecule has 4 aromatic rings. The normalized spacial score (nSPS) is 12.6. The molecule has 3 aromatic heterocycles. The van der Waals surface area contributed by atoms with E-state index in [4.69, 9.17) is 4.98 Å². The fourth-order valence-electron chi connectivity index (χ4n) is 5.17. The second-order valence-corrected chi connectivity index (χ2v) is 10.4. The van der Waals surface area contributed by atoms with Crippen LogP contribution in [-0.2, 0) is 26.1 Å². The zero-order chi connectivity index (χ0) is 26.6. The van der Waals surface area contributed by atoms with Crippen LogP contribution in [0.3, 0.4) is 0 Å². The monoisotopic (exact) mass is 518 g/mol. The minimum absolute atomic E-state index is 0.129. The van der Waals surface area contributed by atoms with Crippen LogP contribution in [0.25, 0.3) is 11.0 Å². The lowest BCUT2D eigenvalue weighted by Crippen LogP contribution is -2.27. The van der Waals surface area contributed by atoms with Gasteiger partial charge in [-0.3, -0.25) is 4.90 Å². The van der Waals surface area contributed by atoms with E-state index in [1.54, 1.807) is 0 Å². The maximum Gasteiger partial charge on any atom is 0.123 e. The van der Waals surface area contributed by atoms with Gasteiger partial charge in [-0.2, -0.15) is 0 Å². The standard InChI is InChI=1S/C30H46N8/c1-4-14-31-15-10-8-6-7-9-11-29-36-26-13-12-25(21-27(26)38(29)20-5-2)22-37(23-28-32-16-17-33-28)24(3)30-34-18-19-35-30/h12-13,16-19,21,24,31H,4-11,14-15,20,22-23H2,1-3H3,(H,32,33)(H,34,35). The molecule has 1 aromatic carbocycles. The zero-order valence-corrected chi connectivity index (χ0v) is 23.5. The summed E-state index contributed by atoms with van der Waals surface area (Å²) in [6.07, 6.45) is 17.2. The van der Waals surface area contributed by atoms with Crippen molar-refractivity contribution < 1.29 is 0 Å². The van der Waals surface area contributed by atoms with Crippen LogP contribution < -0.4 is 5.32 Å². The largest absolute Gasteiger partial charge is 0.348 e. The molecule has 0 aliphatic carbocycles. The Balaban J connectivity index is 1.42. The van der Waals surface area contributed by atoms with E-state index in [1.807, 2.05) is 24.8 Å². The van der Waals surface area contributed by atoms with Gasteiger partial charge in [-0.05, 0) is 63.4 Å². The highest BCUT2D eigenvalue weighted by Gasteiger charge is 2.20. The average molecular weight is 519 g/mol. The number of fused-ring (bicyclic) bond motifs is 1. The summed E-state index contributed by atoms with van der Waals surface area (Å²) >= 11 is 0. The van der Waals surface area contributed by atoms with Crippen LogP contribution >= 0.6 is 0 Å². The van der Waals surface area contributed by atoms with Crippen molar-refractivity contribution in [2.45, 2.75) is 97.8 Å². The third-order valence-corrected chi connectivity index (χ3v) is 7.28. The SMILES string of the molecule is CCCNCCCCCCCc1nc2ccc(CN(Cc3ncc[nH]3)C(C)c3ncc[nH]3)cc2n1CCC.